The van der Waals surface area contributed by atoms with E-state index in [1.807, 2.05) is 53.5 Å². The number of likely N-dealkylation sites (N-methyl/N-ethyl adjacent to an activating group) is 1. The average Bonchev–Trinajstić information content (AvgIpc) is 3.43. The highest BCUT2D eigenvalue weighted by Gasteiger charge is 2.54. The maximum atomic E-state index is 13.3. The Kier molecular flexibility index (Phi) is 5.76. The van der Waals surface area contributed by atoms with Gasteiger partial charge in [-0.2, -0.15) is 0 Å². The van der Waals surface area contributed by atoms with Gasteiger partial charge in [-0.15, -0.1) is 0 Å². The Hall–Kier alpha value is -3.03. The Morgan fingerprint density at radius 1 is 0.938 bits per heavy atom. The number of benzene rings is 1. The monoisotopic (exact) mass is 432 g/mol. The van der Waals surface area contributed by atoms with Crippen molar-refractivity contribution in [2.75, 3.05) is 38.5 Å². The summed E-state index contributed by atoms with van der Waals surface area (Å²) in [7, 11) is 2.06. The molecule has 2 amide bonds. The first-order valence-electron chi connectivity index (χ1n) is 11.2. The molecule has 1 aromatic heterocycles. The van der Waals surface area contributed by atoms with Gasteiger partial charge in [-0.05, 0) is 48.9 Å². The molecule has 1 aromatic carbocycles. The number of hydrogen-bond acceptors (Lipinski definition) is 5. The lowest BCUT2D eigenvalue weighted by Crippen LogP contribution is -2.52. The number of ether oxygens (including phenoxy) is 1. The fraction of sp³-hybridized carbons (Fsp3) is 0.400. The summed E-state index contributed by atoms with van der Waals surface area (Å²) in [5, 5.41) is 3.01. The summed E-state index contributed by atoms with van der Waals surface area (Å²) >= 11 is 0. The highest BCUT2D eigenvalue weighted by molar-refractivity contribution is 5.97. The molecule has 3 aliphatic rings. The molecule has 7 heteroatoms. The van der Waals surface area contributed by atoms with Crippen LogP contribution < -0.4 is 5.32 Å². The summed E-state index contributed by atoms with van der Waals surface area (Å²) < 4.78 is 5.94. The van der Waals surface area contributed by atoms with Gasteiger partial charge < -0.3 is 19.9 Å². The van der Waals surface area contributed by atoms with Crippen LogP contribution in [0.1, 0.15) is 11.1 Å². The molecule has 4 unspecified atom stereocenters. The second kappa shape index (κ2) is 8.84. The Morgan fingerprint density at radius 3 is 2.25 bits per heavy atom. The van der Waals surface area contributed by atoms with Gasteiger partial charge >= 0.3 is 0 Å². The van der Waals surface area contributed by atoms with Crippen LogP contribution in [0.15, 0.2) is 60.9 Å². The first kappa shape index (κ1) is 20.8. The maximum absolute atomic E-state index is 13.3. The van der Waals surface area contributed by atoms with Crippen molar-refractivity contribution in [2.45, 2.75) is 18.6 Å². The predicted molar refractivity (Wildman–Crippen MR) is 121 cm³/mol. The van der Waals surface area contributed by atoms with Gasteiger partial charge in [0.25, 0.3) is 0 Å². The van der Waals surface area contributed by atoms with Crippen LogP contribution in [0.3, 0.4) is 0 Å². The van der Waals surface area contributed by atoms with Gasteiger partial charge in [0.15, 0.2) is 0 Å². The molecule has 0 spiro atoms. The van der Waals surface area contributed by atoms with Gasteiger partial charge in [0, 0.05) is 44.3 Å². The van der Waals surface area contributed by atoms with Crippen LogP contribution in [0.5, 0.6) is 0 Å². The van der Waals surface area contributed by atoms with E-state index in [0.29, 0.717) is 13.1 Å². The number of nitrogens with zero attached hydrogens (tertiary/aromatic N) is 3. The minimum atomic E-state index is -0.506. The van der Waals surface area contributed by atoms with Crippen molar-refractivity contribution in [3.05, 3.63) is 72.1 Å². The van der Waals surface area contributed by atoms with E-state index in [2.05, 4.69) is 22.2 Å². The molecule has 1 N–H and O–H groups in total. The highest BCUT2D eigenvalue weighted by atomic mass is 16.5. The smallest absolute Gasteiger partial charge is 0.231 e. The number of anilines is 1. The van der Waals surface area contributed by atoms with Crippen molar-refractivity contribution in [3.8, 4) is 0 Å². The van der Waals surface area contributed by atoms with Crippen molar-refractivity contribution >= 4 is 17.5 Å². The summed E-state index contributed by atoms with van der Waals surface area (Å²) in [4.78, 5) is 34.7. The Labute approximate surface area is 188 Å². The zero-order valence-corrected chi connectivity index (χ0v) is 18.2. The molecule has 0 radical (unpaired) electrons. The van der Waals surface area contributed by atoms with E-state index in [4.69, 9.17) is 4.74 Å². The van der Waals surface area contributed by atoms with Crippen LogP contribution in [0.25, 0.3) is 0 Å². The summed E-state index contributed by atoms with van der Waals surface area (Å²) in [5.41, 5.74) is 3.07. The number of carbonyl (C=O) groups excluding carboxylic acids is 2. The molecule has 0 saturated carbocycles. The lowest BCUT2D eigenvalue weighted by Gasteiger charge is -2.36. The lowest BCUT2D eigenvalue weighted by molar-refractivity contribution is -0.141. The number of nitrogens with one attached hydrogen (secondary N) is 1. The molecule has 3 aliphatic heterocycles. The SMILES string of the molecule is CN1CCN(C(=O)C2C3C=CC(O3)C2C(=O)Nc2ccc(Cc3ccncc3)cc2)CC1. The van der Waals surface area contributed by atoms with Gasteiger partial charge in [-0.1, -0.05) is 24.3 Å². The van der Waals surface area contributed by atoms with E-state index >= 15 is 0 Å². The third kappa shape index (κ3) is 4.18. The lowest BCUT2D eigenvalue weighted by atomic mass is 9.81. The number of piperazine rings is 1. The first-order chi connectivity index (χ1) is 15.6. The van der Waals surface area contributed by atoms with Crippen molar-refractivity contribution in [2.24, 2.45) is 11.8 Å². The Morgan fingerprint density at radius 2 is 1.56 bits per heavy atom. The van der Waals surface area contributed by atoms with Gasteiger partial charge in [0.2, 0.25) is 11.8 Å². The van der Waals surface area contributed by atoms with Gasteiger partial charge in [0.1, 0.15) is 0 Å². The summed E-state index contributed by atoms with van der Waals surface area (Å²) in [6.45, 7) is 3.10. The third-order valence-electron chi connectivity index (χ3n) is 6.68. The molecule has 7 nitrogen and oxygen atoms in total. The first-order valence-corrected chi connectivity index (χ1v) is 11.2. The number of amides is 2. The molecular formula is C25H28N4O3. The Bertz CT molecular complexity index is 1000. The molecule has 2 saturated heterocycles. The topological polar surface area (TPSA) is 74.8 Å². The molecule has 2 aromatic rings. The number of fused-ring (bicyclic) bond motifs is 2. The number of hydrogen-bond donors (Lipinski definition) is 1. The Balaban J connectivity index is 1.26. The minimum absolute atomic E-state index is 0.0304. The second-order valence-electron chi connectivity index (χ2n) is 8.85. The molecule has 166 valence electrons. The van der Waals surface area contributed by atoms with Gasteiger partial charge in [-0.3, -0.25) is 14.6 Å². The van der Waals surface area contributed by atoms with E-state index < -0.39 is 11.8 Å². The van der Waals surface area contributed by atoms with Crippen LogP contribution in [0.2, 0.25) is 0 Å². The zero-order valence-electron chi connectivity index (χ0n) is 18.2. The van der Waals surface area contributed by atoms with E-state index in [1.54, 1.807) is 12.4 Å². The number of aromatic nitrogens is 1. The van der Waals surface area contributed by atoms with E-state index in [-0.39, 0.29) is 24.0 Å². The number of rotatable bonds is 5. The van der Waals surface area contributed by atoms with Crippen LogP contribution >= 0.6 is 0 Å². The second-order valence-corrected chi connectivity index (χ2v) is 8.85. The van der Waals surface area contributed by atoms with Crippen molar-refractivity contribution < 1.29 is 14.3 Å². The summed E-state index contributed by atoms with van der Waals surface area (Å²) in [5.74, 6) is -1.09. The summed E-state index contributed by atoms with van der Waals surface area (Å²) in [6.07, 6.45) is 7.58. The predicted octanol–water partition coefficient (Wildman–Crippen LogP) is 1.95. The molecule has 4 atom stereocenters. The number of pyridine rings is 1. The minimum Gasteiger partial charge on any atom is -0.365 e. The van der Waals surface area contributed by atoms with Crippen LogP contribution in [0, 0.1) is 11.8 Å². The number of carbonyl (C=O) groups is 2. The standard InChI is InChI=1S/C25H28N4O3/c1-28-12-14-29(15-13-28)25(31)23-21-7-6-20(32-21)22(23)24(30)27-19-4-2-17(3-5-19)16-18-8-10-26-11-9-18/h2-11,20-23H,12-16H2,1H3,(H,27,30). The quantitative estimate of drug-likeness (QED) is 0.731. The highest BCUT2D eigenvalue weighted by Crippen LogP contribution is 2.41. The third-order valence-corrected chi connectivity index (χ3v) is 6.68. The average molecular weight is 433 g/mol. The van der Waals surface area contributed by atoms with Crippen molar-refractivity contribution in [1.82, 2.24) is 14.8 Å². The fourth-order valence-electron chi connectivity index (χ4n) is 4.82. The summed E-state index contributed by atoms with van der Waals surface area (Å²) in [6, 6.07) is 11.8. The van der Waals surface area contributed by atoms with Crippen molar-refractivity contribution in [3.63, 3.8) is 0 Å². The molecule has 5 rings (SSSR count). The van der Waals surface area contributed by atoms with Crippen LogP contribution in [0.4, 0.5) is 5.69 Å². The fourth-order valence-corrected chi connectivity index (χ4v) is 4.82. The molecule has 2 fully saturated rings. The maximum Gasteiger partial charge on any atom is 0.231 e. The largest absolute Gasteiger partial charge is 0.365 e. The van der Waals surface area contributed by atoms with Crippen molar-refractivity contribution in [1.29, 1.82) is 0 Å². The van der Waals surface area contributed by atoms with E-state index in [9.17, 15) is 9.59 Å². The van der Waals surface area contributed by atoms with Gasteiger partial charge in [0.05, 0.1) is 24.0 Å². The normalized spacial score (nSPS) is 27.0. The molecule has 2 bridgehead atoms. The zero-order chi connectivity index (χ0) is 22.1. The van der Waals surface area contributed by atoms with E-state index in [1.165, 1.54) is 5.56 Å². The van der Waals surface area contributed by atoms with Crippen LogP contribution in [-0.4, -0.2) is 72.0 Å². The molecule has 0 aliphatic carbocycles. The van der Waals surface area contributed by atoms with E-state index in [0.717, 1.165) is 30.8 Å². The van der Waals surface area contributed by atoms with Crippen LogP contribution in [-0.2, 0) is 20.7 Å². The molecular weight excluding hydrogens is 404 g/mol. The molecule has 4 heterocycles. The molecule has 32 heavy (non-hydrogen) atoms. The van der Waals surface area contributed by atoms with Gasteiger partial charge in [-0.25, -0.2) is 0 Å².